The summed E-state index contributed by atoms with van der Waals surface area (Å²) in [7, 11) is 0. The zero-order chi connectivity index (χ0) is 20.4. The second-order valence-corrected chi connectivity index (χ2v) is 6.94. The van der Waals surface area contributed by atoms with Crippen LogP contribution in [0.3, 0.4) is 0 Å². The number of hydrogen-bond acceptors (Lipinski definition) is 3. The minimum Gasteiger partial charge on any atom is -0.352 e. The number of aryl methyl sites for hydroxylation is 2. The van der Waals surface area contributed by atoms with Crippen LogP contribution in [0.25, 0.3) is 16.7 Å². The first kappa shape index (κ1) is 18.9. The number of imidazole rings is 1. The number of carbonyl (C=O) groups is 1. The Morgan fingerprint density at radius 2 is 1.86 bits per heavy atom. The first-order valence-electron chi connectivity index (χ1n) is 9.55. The number of para-hydroxylation sites is 2. The summed E-state index contributed by atoms with van der Waals surface area (Å²) in [6.45, 7) is 5.14. The highest BCUT2D eigenvalue weighted by Gasteiger charge is 2.15. The van der Waals surface area contributed by atoms with E-state index in [4.69, 9.17) is 0 Å². The SMILES string of the molecule is Cc1c(C(=O)NCCCn2c(C)nc3ccccc32)cnn1-c1ccc(F)cc1. The molecule has 0 bridgehead atoms. The number of fused-ring (bicyclic) bond motifs is 1. The topological polar surface area (TPSA) is 64.7 Å². The summed E-state index contributed by atoms with van der Waals surface area (Å²) < 4.78 is 16.9. The van der Waals surface area contributed by atoms with E-state index in [1.165, 1.54) is 12.1 Å². The Hall–Kier alpha value is -3.48. The molecule has 2 aromatic heterocycles. The first-order valence-corrected chi connectivity index (χ1v) is 9.55. The van der Waals surface area contributed by atoms with Crippen LogP contribution in [0.1, 0.15) is 28.3 Å². The first-order chi connectivity index (χ1) is 14.0. The van der Waals surface area contributed by atoms with E-state index in [-0.39, 0.29) is 11.7 Å². The Balaban J connectivity index is 1.38. The molecule has 6 nitrogen and oxygen atoms in total. The Bertz CT molecular complexity index is 1160. The van der Waals surface area contributed by atoms with Crippen molar-refractivity contribution in [3.8, 4) is 5.69 Å². The summed E-state index contributed by atoms with van der Waals surface area (Å²) in [5.74, 6) is 0.495. The zero-order valence-electron chi connectivity index (χ0n) is 16.4. The van der Waals surface area contributed by atoms with Gasteiger partial charge in [-0.25, -0.2) is 14.1 Å². The molecule has 0 aliphatic heterocycles. The van der Waals surface area contributed by atoms with Gasteiger partial charge < -0.3 is 9.88 Å². The number of benzene rings is 2. The zero-order valence-corrected chi connectivity index (χ0v) is 16.4. The molecule has 0 radical (unpaired) electrons. The average molecular weight is 391 g/mol. The van der Waals surface area contributed by atoms with Gasteiger partial charge in [0.25, 0.3) is 5.91 Å². The van der Waals surface area contributed by atoms with Crippen molar-refractivity contribution in [1.82, 2.24) is 24.6 Å². The molecule has 0 fully saturated rings. The van der Waals surface area contributed by atoms with Gasteiger partial charge in [-0.2, -0.15) is 5.10 Å². The lowest BCUT2D eigenvalue weighted by Gasteiger charge is -2.09. The van der Waals surface area contributed by atoms with E-state index in [1.54, 1.807) is 23.0 Å². The maximum atomic E-state index is 13.1. The molecule has 0 saturated carbocycles. The molecule has 0 spiro atoms. The van der Waals surface area contributed by atoms with Crippen LogP contribution in [-0.4, -0.2) is 31.8 Å². The molecule has 7 heteroatoms. The van der Waals surface area contributed by atoms with Gasteiger partial charge in [-0.1, -0.05) is 12.1 Å². The number of halogens is 1. The number of hydrogen-bond donors (Lipinski definition) is 1. The van der Waals surface area contributed by atoms with Crippen LogP contribution < -0.4 is 5.32 Å². The third-order valence-corrected chi connectivity index (χ3v) is 5.02. The molecule has 1 N–H and O–H groups in total. The van der Waals surface area contributed by atoms with Gasteiger partial charge in [0.2, 0.25) is 0 Å². The van der Waals surface area contributed by atoms with Crippen molar-refractivity contribution in [2.45, 2.75) is 26.8 Å². The number of rotatable bonds is 6. The highest BCUT2D eigenvalue weighted by molar-refractivity contribution is 5.95. The molecule has 148 valence electrons. The van der Waals surface area contributed by atoms with Gasteiger partial charge in [0.05, 0.1) is 34.2 Å². The fourth-order valence-electron chi connectivity index (χ4n) is 3.49. The number of aromatic nitrogens is 4. The molecule has 1 amide bonds. The maximum Gasteiger partial charge on any atom is 0.254 e. The Morgan fingerprint density at radius 3 is 2.66 bits per heavy atom. The van der Waals surface area contributed by atoms with Crippen molar-refractivity contribution in [2.24, 2.45) is 0 Å². The highest BCUT2D eigenvalue weighted by atomic mass is 19.1. The van der Waals surface area contributed by atoms with Crippen molar-refractivity contribution in [3.05, 3.63) is 77.6 Å². The predicted octanol–water partition coefficient (Wildman–Crippen LogP) is 3.80. The summed E-state index contributed by atoms with van der Waals surface area (Å²) in [5.41, 5.74) is 4.03. The maximum absolute atomic E-state index is 13.1. The minimum atomic E-state index is -0.308. The van der Waals surface area contributed by atoms with Crippen molar-refractivity contribution in [2.75, 3.05) is 6.54 Å². The van der Waals surface area contributed by atoms with Gasteiger partial charge in [0, 0.05) is 13.1 Å². The van der Waals surface area contributed by atoms with E-state index in [2.05, 4.69) is 26.0 Å². The summed E-state index contributed by atoms with van der Waals surface area (Å²) >= 11 is 0. The highest BCUT2D eigenvalue weighted by Crippen LogP contribution is 2.16. The quantitative estimate of drug-likeness (QED) is 0.509. The molecule has 0 atom stereocenters. The largest absolute Gasteiger partial charge is 0.352 e. The van der Waals surface area contributed by atoms with Crippen LogP contribution in [0.15, 0.2) is 54.7 Å². The normalized spacial score (nSPS) is 11.1. The van der Waals surface area contributed by atoms with Gasteiger partial charge in [-0.15, -0.1) is 0 Å². The molecule has 0 aliphatic carbocycles. The third kappa shape index (κ3) is 3.76. The molecule has 4 rings (SSSR count). The van der Waals surface area contributed by atoms with Gasteiger partial charge in [-0.3, -0.25) is 4.79 Å². The second-order valence-electron chi connectivity index (χ2n) is 6.94. The predicted molar refractivity (Wildman–Crippen MR) is 110 cm³/mol. The Kier molecular flexibility index (Phi) is 5.12. The van der Waals surface area contributed by atoms with E-state index >= 15 is 0 Å². The number of carbonyl (C=O) groups excluding carboxylic acids is 1. The van der Waals surface area contributed by atoms with Crippen LogP contribution in [0.5, 0.6) is 0 Å². The van der Waals surface area contributed by atoms with Crippen molar-refractivity contribution >= 4 is 16.9 Å². The van der Waals surface area contributed by atoms with E-state index in [0.29, 0.717) is 23.5 Å². The molecular weight excluding hydrogens is 369 g/mol. The molecule has 2 aromatic carbocycles. The lowest BCUT2D eigenvalue weighted by molar-refractivity contribution is 0.0952. The van der Waals surface area contributed by atoms with Crippen LogP contribution in [0.2, 0.25) is 0 Å². The van der Waals surface area contributed by atoms with Crippen LogP contribution in [-0.2, 0) is 6.54 Å². The van der Waals surface area contributed by atoms with Crippen molar-refractivity contribution in [3.63, 3.8) is 0 Å². The van der Waals surface area contributed by atoms with Gasteiger partial charge in [-0.05, 0) is 56.7 Å². The monoisotopic (exact) mass is 391 g/mol. The fourth-order valence-corrected chi connectivity index (χ4v) is 3.49. The molecule has 2 heterocycles. The van der Waals surface area contributed by atoms with Crippen LogP contribution in [0, 0.1) is 19.7 Å². The van der Waals surface area contributed by atoms with E-state index in [9.17, 15) is 9.18 Å². The molecular formula is C22H22FN5O. The number of nitrogens with one attached hydrogen (secondary N) is 1. The summed E-state index contributed by atoms with van der Waals surface area (Å²) in [6, 6.07) is 14.1. The molecule has 0 unspecified atom stereocenters. The van der Waals surface area contributed by atoms with E-state index in [0.717, 1.165) is 29.8 Å². The fraction of sp³-hybridized carbons (Fsp3) is 0.227. The summed E-state index contributed by atoms with van der Waals surface area (Å²) in [6.07, 6.45) is 2.33. The number of nitrogens with zero attached hydrogens (tertiary/aromatic N) is 4. The summed E-state index contributed by atoms with van der Waals surface area (Å²) in [4.78, 5) is 17.1. The molecule has 0 aliphatic rings. The number of amides is 1. The second kappa shape index (κ2) is 7.87. The lowest BCUT2D eigenvalue weighted by atomic mass is 10.2. The van der Waals surface area contributed by atoms with Crippen LogP contribution in [0.4, 0.5) is 4.39 Å². The summed E-state index contributed by atoms with van der Waals surface area (Å²) in [5, 5.41) is 7.23. The lowest BCUT2D eigenvalue weighted by Crippen LogP contribution is -2.25. The van der Waals surface area contributed by atoms with Crippen molar-refractivity contribution < 1.29 is 9.18 Å². The average Bonchev–Trinajstić information content (AvgIpc) is 3.25. The smallest absolute Gasteiger partial charge is 0.254 e. The van der Waals surface area contributed by atoms with Gasteiger partial charge >= 0.3 is 0 Å². The molecule has 29 heavy (non-hydrogen) atoms. The van der Waals surface area contributed by atoms with Crippen LogP contribution >= 0.6 is 0 Å². The third-order valence-electron chi connectivity index (χ3n) is 5.02. The minimum absolute atomic E-state index is 0.164. The van der Waals surface area contributed by atoms with E-state index in [1.807, 2.05) is 32.0 Å². The molecule has 0 saturated heterocycles. The van der Waals surface area contributed by atoms with Crippen molar-refractivity contribution in [1.29, 1.82) is 0 Å². The molecule has 4 aromatic rings. The van der Waals surface area contributed by atoms with E-state index < -0.39 is 0 Å². The Labute approximate surface area is 168 Å². The standard InChI is InChI=1S/C22H22FN5O/c1-15-19(14-25-28(15)18-10-8-17(23)9-11-18)22(29)24-12-5-13-27-16(2)26-20-6-3-4-7-21(20)27/h3-4,6-11,14H,5,12-13H2,1-2H3,(H,24,29). The Morgan fingerprint density at radius 1 is 1.10 bits per heavy atom. The van der Waals surface area contributed by atoms with Gasteiger partial charge in [0.15, 0.2) is 0 Å². The van der Waals surface area contributed by atoms with Gasteiger partial charge in [0.1, 0.15) is 11.6 Å².